The van der Waals surface area contributed by atoms with Gasteiger partial charge in [0.15, 0.2) is 0 Å². The molecule has 3 rings (SSSR count). The normalized spacial score (nSPS) is 27.6. The number of aliphatic hydroxyl groups excluding tert-OH is 1. The highest BCUT2D eigenvalue weighted by Crippen LogP contribution is 2.46. The average Bonchev–Trinajstić information content (AvgIpc) is 2.96. The van der Waals surface area contributed by atoms with Crippen molar-refractivity contribution in [2.75, 3.05) is 13.2 Å². The number of ether oxygens (including phenoxy) is 2. The summed E-state index contributed by atoms with van der Waals surface area (Å²) in [7, 11) is 0. The Balaban J connectivity index is 2.06. The molecule has 0 fully saturated rings. The number of nitrogens with zero attached hydrogens (tertiary/aromatic N) is 2. The summed E-state index contributed by atoms with van der Waals surface area (Å²) >= 11 is 0. The van der Waals surface area contributed by atoms with Crippen LogP contribution < -0.4 is 4.74 Å². The Labute approximate surface area is 151 Å². The fourth-order valence-corrected chi connectivity index (χ4v) is 3.43. The molecule has 1 N–H and O–H groups in total. The zero-order valence-electron chi connectivity index (χ0n) is 15.0. The molecule has 0 saturated heterocycles. The zero-order valence-corrected chi connectivity index (χ0v) is 15.0. The van der Waals surface area contributed by atoms with Crippen LogP contribution in [0.15, 0.2) is 30.0 Å². The van der Waals surface area contributed by atoms with Crippen LogP contribution >= 0.6 is 0 Å². The minimum absolute atomic E-state index is 0.116. The van der Waals surface area contributed by atoms with Gasteiger partial charge in [-0.3, -0.25) is 14.9 Å². The second kappa shape index (κ2) is 6.60. The Morgan fingerprint density at radius 1 is 1.46 bits per heavy atom. The van der Waals surface area contributed by atoms with Crippen molar-refractivity contribution in [2.45, 2.75) is 44.9 Å². The van der Waals surface area contributed by atoms with Crippen molar-refractivity contribution in [2.24, 2.45) is 0 Å². The van der Waals surface area contributed by atoms with Crippen LogP contribution in [-0.2, 0) is 9.53 Å². The molecule has 3 atom stereocenters. The SMILES string of the molecule is CCOC1=CC(=O)N(C2c3cc([N+](=O)[O-])ccc3O[C@@](C)(CC)[C@@H]2O)C1. The van der Waals surface area contributed by atoms with Crippen molar-refractivity contribution >= 4 is 11.6 Å². The van der Waals surface area contributed by atoms with Crippen LogP contribution in [0.2, 0.25) is 0 Å². The Kier molecular flexibility index (Phi) is 4.62. The van der Waals surface area contributed by atoms with Gasteiger partial charge in [0, 0.05) is 23.8 Å². The average molecular weight is 362 g/mol. The summed E-state index contributed by atoms with van der Waals surface area (Å²) in [5.74, 6) is 0.657. The van der Waals surface area contributed by atoms with E-state index in [0.29, 0.717) is 30.1 Å². The van der Waals surface area contributed by atoms with Crippen LogP contribution in [0.1, 0.15) is 38.8 Å². The van der Waals surface area contributed by atoms with Crippen molar-refractivity contribution in [1.29, 1.82) is 0 Å². The van der Waals surface area contributed by atoms with E-state index in [-0.39, 0.29) is 18.1 Å². The van der Waals surface area contributed by atoms with E-state index < -0.39 is 22.7 Å². The van der Waals surface area contributed by atoms with E-state index in [4.69, 9.17) is 9.47 Å². The molecule has 1 amide bonds. The first kappa shape index (κ1) is 18.2. The number of carbonyl (C=O) groups excluding carboxylic acids is 1. The van der Waals surface area contributed by atoms with Gasteiger partial charge < -0.3 is 19.5 Å². The lowest BCUT2D eigenvalue weighted by Crippen LogP contribution is -2.55. The first-order chi connectivity index (χ1) is 12.3. The third kappa shape index (κ3) is 2.90. The summed E-state index contributed by atoms with van der Waals surface area (Å²) in [5, 5.41) is 22.2. The molecule has 1 aromatic rings. The number of benzene rings is 1. The fourth-order valence-electron chi connectivity index (χ4n) is 3.43. The van der Waals surface area contributed by atoms with Crippen LogP contribution in [0, 0.1) is 10.1 Å². The Hall–Kier alpha value is -2.61. The summed E-state index contributed by atoms with van der Waals surface area (Å²) in [6.07, 6.45) is 0.862. The highest BCUT2D eigenvalue weighted by molar-refractivity contribution is 5.91. The Morgan fingerprint density at radius 2 is 2.19 bits per heavy atom. The molecule has 8 nitrogen and oxygen atoms in total. The van der Waals surface area contributed by atoms with E-state index in [1.807, 2.05) is 13.8 Å². The van der Waals surface area contributed by atoms with Gasteiger partial charge in [0.25, 0.3) is 11.6 Å². The number of hydrogen-bond donors (Lipinski definition) is 1. The molecule has 2 heterocycles. The standard InChI is InChI=1S/C18H22N2O6/c1-4-18(3)17(22)16(19-10-12(25-5-2)9-15(19)21)13-8-11(20(23)24)6-7-14(13)26-18/h6-9,16-17,22H,4-5,10H2,1-3H3/t16?,17-,18+/m1/s1. The van der Waals surface area contributed by atoms with Gasteiger partial charge in [-0.25, -0.2) is 0 Å². The van der Waals surface area contributed by atoms with E-state index in [1.54, 1.807) is 6.92 Å². The largest absolute Gasteiger partial charge is 0.496 e. The molecule has 8 heteroatoms. The molecule has 0 radical (unpaired) electrons. The van der Waals surface area contributed by atoms with Crippen molar-refractivity contribution in [3.63, 3.8) is 0 Å². The lowest BCUT2D eigenvalue weighted by Gasteiger charge is -2.46. The van der Waals surface area contributed by atoms with E-state index in [2.05, 4.69) is 0 Å². The molecule has 2 aliphatic heterocycles. The highest BCUT2D eigenvalue weighted by atomic mass is 16.6. The minimum Gasteiger partial charge on any atom is -0.496 e. The number of nitro groups is 1. The number of non-ortho nitro benzene ring substituents is 1. The Morgan fingerprint density at radius 3 is 2.81 bits per heavy atom. The molecular weight excluding hydrogens is 340 g/mol. The first-order valence-electron chi connectivity index (χ1n) is 8.60. The fraction of sp³-hybridized carbons (Fsp3) is 0.500. The van der Waals surface area contributed by atoms with E-state index in [1.165, 1.54) is 29.2 Å². The minimum atomic E-state index is -1.04. The smallest absolute Gasteiger partial charge is 0.270 e. The van der Waals surface area contributed by atoms with Crippen LogP contribution in [-0.4, -0.2) is 45.7 Å². The first-order valence-corrected chi connectivity index (χ1v) is 8.60. The second-order valence-electron chi connectivity index (χ2n) is 6.65. The van der Waals surface area contributed by atoms with Crippen LogP contribution in [0.5, 0.6) is 5.75 Å². The lowest BCUT2D eigenvalue weighted by molar-refractivity contribution is -0.385. The number of rotatable bonds is 5. The van der Waals surface area contributed by atoms with Crippen LogP contribution in [0.25, 0.3) is 0 Å². The molecule has 1 unspecified atom stereocenters. The van der Waals surface area contributed by atoms with Gasteiger partial charge in [0.1, 0.15) is 23.2 Å². The van der Waals surface area contributed by atoms with Gasteiger partial charge in [-0.2, -0.15) is 0 Å². The van der Waals surface area contributed by atoms with Gasteiger partial charge in [0.2, 0.25) is 0 Å². The molecule has 140 valence electrons. The van der Waals surface area contributed by atoms with Gasteiger partial charge in [-0.15, -0.1) is 0 Å². The van der Waals surface area contributed by atoms with Crippen molar-refractivity contribution < 1.29 is 24.3 Å². The van der Waals surface area contributed by atoms with Crippen LogP contribution in [0.4, 0.5) is 5.69 Å². The third-order valence-corrected chi connectivity index (χ3v) is 5.05. The topological polar surface area (TPSA) is 102 Å². The van der Waals surface area contributed by atoms with Crippen LogP contribution in [0.3, 0.4) is 0 Å². The second-order valence-corrected chi connectivity index (χ2v) is 6.65. The molecule has 0 aliphatic carbocycles. The maximum Gasteiger partial charge on any atom is 0.270 e. The van der Waals surface area contributed by atoms with Gasteiger partial charge >= 0.3 is 0 Å². The molecule has 1 aromatic carbocycles. The summed E-state index contributed by atoms with van der Waals surface area (Å²) in [6, 6.07) is 3.49. The summed E-state index contributed by atoms with van der Waals surface area (Å²) in [6.45, 7) is 6.11. The van der Waals surface area contributed by atoms with Gasteiger partial charge in [-0.1, -0.05) is 6.92 Å². The number of aliphatic hydroxyl groups is 1. The third-order valence-electron chi connectivity index (χ3n) is 5.05. The van der Waals surface area contributed by atoms with Gasteiger partial charge in [0.05, 0.1) is 24.1 Å². The predicted octanol–water partition coefficient (Wildman–Crippen LogP) is 2.32. The summed E-state index contributed by atoms with van der Waals surface area (Å²) in [4.78, 5) is 24.7. The van der Waals surface area contributed by atoms with Crippen molar-refractivity contribution in [3.8, 4) is 5.75 Å². The highest BCUT2D eigenvalue weighted by Gasteiger charge is 2.49. The van der Waals surface area contributed by atoms with Gasteiger partial charge in [-0.05, 0) is 26.3 Å². The molecular formula is C18H22N2O6. The maximum atomic E-state index is 12.5. The number of fused-ring (bicyclic) bond motifs is 1. The number of amides is 1. The van der Waals surface area contributed by atoms with Crippen molar-refractivity contribution in [3.05, 3.63) is 45.7 Å². The number of hydrogen-bond acceptors (Lipinski definition) is 6. The monoisotopic (exact) mass is 362 g/mol. The molecule has 2 aliphatic rings. The predicted molar refractivity (Wildman–Crippen MR) is 92.6 cm³/mol. The number of nitro benzene ring substituents is 1. The van der Waals surface area contributed by atoms with E-state index in [9.17, 15) is 20.0 Å². The maximum absolute atomic E-state index is 12.5. The lowest BCUT2D eigenvalue weighted by atomic mass is 9.82. The molecule has 0 aromatic heterocycles. The quantitative estimate of drug-likeness (QED) is 0.637. The molecule has 0 bridgehead atoms. The summed E-state index contributed by atoms with van der Waals surface area (Å²) in [5.41, 5.74) is -0.603. The Bertz CT molecular complexity index is 777. The van der Waals surface area contributed by atoms with E-state index >= 15 is 0 Å². The molecule has 0 saturated carbocycles. The van der Waals surface area contributed by atoms with E-state index in [0.717, 1.165) is 0 Å². The zero-order chi connectivity index (χ0) is 19.1. The molecule has 26 heavy (non-hydrogen) atoms. The summed E-state index contributed by atoms with van der Waals surface area (Å²) < 4.78 is 11.4. The number of carbonyl (C=O) groups is 1. The van der Waals surface area contributed by atoms with Crippen molar-refractivity contribution in [1.82, 2.24) is 4.90 Å². The molecule has 0 spiro atoms.